The molecule has 2 rings (SSSR count). The van der Waals surface area contributed by atoms with Crippen LogP contribution in [0.2, 0.25) is 0 Å². The van der Waals surface area contributed by atoms with Crippen LogP contribution in [-0.4, -0.2) is 22.7 Å². The van der Waals surface area contributed by atoms with Crippen molar-refractivity contribution < 1.29 is 9.50 Å². The number of nitrogens with zero attached hydrogens (tertiary/aromatic N) is 1. The molecule has 0 aromatic heterocycles. The zero-order valence-electron chi connectivity index (χ0n) is 15.2. The van der Waals surface area contributed by atoms with E-state index in [4.69, 9.17) is 0 Å². The number of aryl methyl sites for hydroxylation is 2. The molecule has 2 aromatic carbocycles. The minimum absolute atomic E-state index is 0.226. The van der Waals surface area contributed by atoms with Crippen LogP contribution in [0.25, 0.3) is 0 Å². The molecular formula is C22H28FNO. The van der Waals surface area contributed by atoms with Crippen molar-refractivity contribution in [2.45, 2.75) is 45.9 Å². The van der Waals surface area contributed by atoms with Crippen molar-refractivity contribution in [1.82, 2.24) is 4.90 Å². The van der Waals surface area contributed by atoms with Crippen LogP contribution in [0.15, 0.2) is 55.1 Å². The lowest BCUT2D eigenvalue weighted by molar-refractivity contribution is 0.0983. The van der Waals surface area contributed by atoms with Crippen molar-refractivity contribution in [2.24, 2.45) is 0 Å². The topological polar surface area (TPSA) is 23.5 Å². The maximum atomic E-state index is 13.2. The fourth-order valence-electron chi connectivity index (χ4n) is 2.94. The van der Waals surface area contributed by atoms with Crippen molar-refractivity contribution in [3.05, 3.63) is 83.2 Å². The van der Waals surface area contributed by atoms with Gasteiger partial charge in [-0.25, -0.2) is 4.39 Å². The quantitative estimate of drug-likeness (QED) is 0.664. The zero-order chi connectivity index (χ0) is 18.2. The number of hydrogen-bond acceptors (Lipinski definition) is 2. The number of halogens is 1. The van der Waals surface area contributed by atoms with Gasteiger partial charge in [0.1, 0.15) is 5.82 Å². The van der Waals surface area contributed by atoms with Gasteiger partial charge < -0.3 is 5.11 Å². The summed E-state index contributed by atoms with van der Waals surface area (Å²) in [6.45, 7) is 9.94. The van der Waals surface area contributed by atoms with E-state index in [1.165, 1.54) is 28.8 Å². The van der Waals surface area contributed by atoms with Crippen LogP contribution in [0, 0.1) is 19.7 Å². The summed E-state index contributed by atoms with van der Waals surface area (Å²) in [6.07, 6.45) is 2.94. The molecule has 1 atom stereocenters. The Kier molecular flexibility index (Phi) is 7.35. The van der Waals surface area contributed by atoms with E-state index in [9.17, 15) is 9.50 Å². The third-order valence-corrected chi connectivity index (χ3v) is 4.39. The monoisotopic (exact) mass is 341 g/mol. The maximum Gasteiger partial charge on any atom is 0.123 e. The molecule has 3 heteroatoms. The highest BCUT2D eigenvalue weighted by Crippen LogP contribution is 2.17. The Morgan fingerprint density at radius 1 is 1.12 bits per heavy atom. The van der Waals surface area contributed by atoms with Crippen LogP contribution in [-0.2, 0) is 13.1 Å². The predicted molar refractivity (Wildman–Crippen MR) is 102 cm³/mol. The van der Waals surface area contributed by atoms with Crippen molar-refractivity contribution >= 4 is 0 Å². The van der Waals surface area contributed by atoms with Gasteiger partial charge >= 0.3 is 0 Å². The van der Waals surface area contributed by atoms with Crippen molar-refractivity contribution in [3.63, 3.8) is 0 Å². The van der Waals surface area contributed by atoms with Crippen LogP contribution in [0.3, 0.4) is 0 Å². The summed E-state index contributed by atoms with van der Waals surface area (Å²) in [7, 11) is 0. The second kappa shape index (κ2) is 9.50. The highest BCUT2D eigenvalue weighted by molar-refractivity contribution is 5.30. The fourth-order valence-corrected chi connectivity index (χ4v) is 2.94. The van der Waals surface area contributed by atoms with E-state index in [0.29, 0.717) is 19.5 Å². The van der Waals surface area contributed by atoms with E-state index in [1.807, 2.05) is 18.2 Å². The number of benzene rings is 2. The predicted octanol–water partition coefficient (Wildman–Crippen LogP) is 4.77. The summed E-state index contributed by atoms with van der Waals surface area (Å²) in [6, 6.07) is 13.0. The normalized spacial score (nSPS) is 12.4. The smallest absolute Gasteiger partial charge is 0.123 e. The number of allylic oxidation sites excluding steroid dienone is 1. The third kappa shape index (κ3) is 6.45. The Morgan fingerprint density at radius 2 is 1.84 bits per heavy atom. The molecule has 0 aliphatic heterocycles. The van der Waals surface area contributed by atoms with Crippen molar-refractivity contribution in [3.8, 4) is 0 Å². The lowest BCUT2D eigenvalue weighted by atomic mass is 10.0. The van der Waals surface area contributed by atoms with Crippen molar-refractivity contribution in [1.29, 1.82) is 0 Å². The molecule has 0 fully saturated rings. The molecule has 0 amide bonds. The van der Waals surface area contributed by atoms with E-state index in [-0.39, 0.29) is 5.82 Å². The van der Waals surface area contributed by atoms with Crippen LogP contribution in [0.5, 0.6) is 0 Å². The molecule has 0 saturated heterocycles. The summed E-state index contributed by atoms with van der Waals surface area (Å²) in [5.74, 6) is -0.226. The fraction of sp³-hybridized carbons (Fsp3) is 0.364. The summed E-state index contributed by atoms with van der Waals surface area (Å²) < 4.78 is 13.2. The summed E-state index contributed by atoms with van der Waals surface area (Å²) >= 11 is 0. The first kappa shape index (κ1) is 19.4. The van der Waals surface area contributed by atoms with E-state index in [2.05, 4.69) is 43.5 Å². The molecule has 25 heavy (non-hydrogen) atoms. The van der Waals surface area contributed by atoms with E-state index >= 15 is 0 Å². The lowest BCUT2D eigenvalue weighted by Gasteiger charge is -2.26. The van der Waals surface area contributed by atoms with Gasteiger partial charge in [-0.3, -0.25) is 4.90 Å². The van der Waals surface area contributed by atoms with E-state index < -0.39 is 6.10 Å². The van der Waals surface area contributed by atoms with Gasteiger partial charge in [0, 0.05) is 19.6 Å². The number of aliphatic hydroxyl groups is 1. The molecule has 0 radical (unpaired) electrons. The largest absolute Gasteiger partial charge is 0.392 e. The Bertz CT molecular complexity index is 681. The minimum atomic E-state index is -0.399. The Hall–Kier alpha value is -1.97. The van der Waals surface area contributed by atoms with Crippen molar-refractivity contribution in [2.75, 3.05) is 6.54 Å². The molecule has 2 aromatic rings. The van der Waals surface area contributed by atoms with Gasteiger partial charge in [0.05, 0.1) is 6.10 Å². The molecule has 134 valence electrons. The van der Waals surface area contributed by atoms with Gasteiger partial charge in [-0.1, -0.05) is 42.0 Å². The Balaban J connectivity index is 2.13. The molecule has 2 nitrogen and oxygen atoms in total. The van der Waals surface area contributed by atoms with E-state index in [0.717, 1.165) is 18.5 Å². The number of hydrogen-bond donors (Lipinski definition) is 1. The molecule has 0 spiro atoms. The maximum absolute atomic E-state index is 13.2. The average Bonchev–Trinajstić information content (AvgIpc) is 2.58. The van der Waals surface area contributed by atoms with Crippen LogP contribution < -0.4 is 0 Å². The first-order valence-corrected chi connectivity index (χ1v) is 8.80. The summed E-state index contributed by atoms with van der Waals surface area (Å²) in [5, 5.41) is 10.3. The molecule has 1 unspecified atom stereocenters. The van der Waals surface area contributed by atoms with E-state index in [1.54, 1.807) is 0 Å². The number of aliphatic hydroxyl groups excluding tert-OH is 1. The lowest BCUT2D eigenvalue weighted by Crippen LogP contribution is -2.32. The molecule has 0 aliphatic rings. The van der Waals surface area contributed by atoms with Gasteiger partial charge in [0.15, 0.2) is 0 Å². The summed E-state index contributed by atoms with van der Waals surface area (Å²) in [5.41, 5.74) is 4.78. The second-order valence-corrected chi connectivity index (χ2v) is 6.75. The van der Waals surface area contributed by atoms with Crippen LogP contribution in [0.1, 0.15) is 35.1 Å². The summed E-state index contributed by atoms with van der Waals surface area (Å²) in [4.78, 5) is 2.22. The molecule has 0 heterocycles. The third-order valence-electron chi connectivity index (χ3n) is 4.39. The average molecular weight is 341 g/mol. The highest BCUT2D eigenvalue weighted by atomic mass is 19.1. The highest BCUT2D eigenvalue weighted by Gasteiger charge is 2.14. The first-order chi connectivity index (χ1) is 12.0. The Morgan fingerprint density at radius 3 is 2.52 bits per heavy atom. The standard InChI is InChI=1S/C22H28FNO/c1-4-5-6-22(25)16-24(14-19-9-11-21(23)12-10-19)15-20-13-17(2)7-8-18(20)3/h4,7-13,22,25H,1,5-6,14-16H2,2-3H3. The molecule has 0 aliphatic carbocycles. The second-order valence-electron chi connectivity index (χ2n) is 6.75. The zero-order valence-corrected chi connectivity index (χ0v) is 15.2. The molecule has 0 bridgehead atoms. The molecule has 0 saturated carbocycles. The van der Waals surface area contributed by atoms with Crippen LogP contribution in [0.4, 0.5) is 4.39 Å². The molecule has 1 N–H and O–H groups in total. The minimum Gasteiger partial charge on any atom is -0.392 e. The number of rotatable bonds is 9. The Labute approximate surface area is 150 Å². The van der Waals surface area contributed by atoms with Crippen LogP contribution >= 0.6 is 0 Å². The van der Waals surface area contributed by atoms with Gasteiger partial charge in [0.25, 0.3) is 0 Å². The van der Waals surface area contributed by atoms with Gasteiger partial charge in [0.2, 0.25) is 0 Å². The SMILES string of the molecule is C=CCCC(O)CN(Cc1ccc(F)cc1)Cc1cc(C)ccc1C. The van der Waals surface area contributed by atoms with Gasteiger partial charge in [-0.05, 0) is 55.5 Å². The van der Waals surface area contributed by atoms with Gasteiger partial charge in [-0.15, -0.1) is 6.58 Å². The molecular weight excluding hydrogens is 313 g/mol. The first-order valence-electron chi connectivity index (χ1n) is 8.80. The van der Waals surface area contributed by atoms with Gasteiger partial charge in [-0.2, -0.15) is 0 Å².